The largest absolute Gasteiger partial charge is 0.513 e. The molecule has 0 aliphatic heterocycles. The van der Waals surface area contributed by atoms with Gasteiger partial charge in [-0.1, -0.05) is 30.3 Å². The Hall–Kier alpha value is -4.20. The Labute approximate surface area is 184 Å². The first-order valence-electron chi connectivity index (χ1n) is 9.84. The first kappa shape index (κ1) is 22.5. The summed E-state index contributed by atoms with van der Waals surface area (Å²) in [6.45, 7) is 1.85. The highest BCUT2D eigenvalue weighted by atomic mass is 19.1. The molecule has 3 rings (SSSR count). The number of rotatable bonds is 7. The van der Waals surface area contributed by atoms with Gasteiger partial charge in [0.05, 0.1) is 24.4 Å². The maximum Gasteiger partial charge on any atom is 0.513 e. The molecule has 32 heavy (non-hydrogen) atoms. The van der Waals surface area contributed by atoms with Gasteiger partial charge in [-0.3, -0.25) is 9.59 Å². The summed E-state index contributed by atoms with van der Waals surface area (Å²) in [6.07, 6.45) is -0.971. The number of halogens is 1. The topological polar surface area (TPSA) is 93.7 Å². The molecule has 0 aromatic heterocycles. The van der Waals surface area contributed by atoms with Gasteiger partial charge < -0.3 is 20.1 Å². The second-order valence-electron chi connectivity index (χ2n) is 6.63. The number of hydrogen-bond acceptors (Lipinski definition) is 5. The van der Waals surface area contributed by atoms with Crippen LogP contribution in [0.5, 0.6) is 5.75 Å². The van der Waals surface area contributed by atoms with Crippen molar-refractivity contribution in [3.63, 3.8) is 0 Å². The summed E-state index contributed by atoms with van der Waals surface area (Å²) < 4.78 is 23.4. The number of carbonyl (C=O) groups excluding carboxylic acids is 3. The lowest BCUT2D eigenvalue weighted by Crippen LogP contribution is -2.18. The van der Waals surface area contributed by atoms with Gasteiger partial charge in [-0.25, -0.2) is 9.18 Å². The van der Waals surface area contributed by atoms with E-state index in [-0.39, 0.29) is 24.3 Å². The molecule has 0 saturated carbocycles. The molecular weight excluding hydrogens is 415 g/mol. The second kappa shape index (κ2) is 10.7. The van der Waals surface area contributed by atoms with Crippen LogP contribution in [0.3, 0.4) is 0 Å². The molecule has 0 aliphatic rings. The van der Waals surface area contributed by atoms with Crippen molar-refractivity contribution in [2.75, 3.05) is 17.2 Å². The predicted molar refractivity (Wildman–Crippen MR) is 117 cm³/mol. The number of amides is 2. The molecule has 0 aliphatic carbocycles. The fourth-order valence-electron chi connectivity index (χ4n) is 2.82. The maximum atomic E-state index is 13.8. The van der Waals surface area contributed by atoms with E-state index in [9.17, 15) is 18.8 Å². The van der Waals surface area contributed by atoms with Gasteiger partial charge in [-0.05, 0) is 55.0 Å². The summed E-state index contributed by atoms with van der Waals surface area (Å²) in [5, 5.41) is 5.42. The Morgan fingerprint density at radius 3 is 2.12 bits per heavy atom. The van der Waals surface area contributed by atoms with Crippen LogP contribution < -0.4 is 15.4 Å². The van der Waals surface area contributed by atoms with Crippen LogP contribution >= 0.6 is 0 Å². The third-order valence-electron chi connectivity index (χ3n) is 4.34. The lowest BCUT2D eigenvalue weighted by molar-refractivity contribution is -0.115. The van der Waals surface area contributed by atoms with Crippen molar-refractivity contribution in [3.8, 4) is 5.75 Å². The number of hydrogen-bond donors (Lipinski definition) is 2. The number of nitrogens with one attached hydrogen (secondary N) is 2. The molecule has 3 aromatic carbocycles. The minimum absolute atomic E-state index is 0.142. The molecule has 8 heteroatoms. The molecule has 0 fully saturated rings. The van der Waals surface area contributed by atoms with Crippen molar-refractivity contribution >= 4 is 29.3 Å². The number of para-hydroxylation sites is 2. The summed E-state index contributed by atoms with van der Waals surface area (Å²) in [7, 11) is 0. The fourth-order valence-corrected chi connectivity index (χ4v) is 2.82. The van der Waals surface area contributed by atoms with Crippen molar-refractivity contribution in [1.29, 1.82) is 0 Å². The molecule has 0 spiro atoms. The van der Waals surface area contributed by atoms with Gasteiger partial charge in [0, 0.05) is 5.56 Å². The molecule has 3 aromatic rings. The average molecular weight is 436 g/mol. The van der Waals surface area contributed by atoms with Crippen molar-refractivity contribution in [3.05, 3.63) is 89.7 Å². The molecule has 0 unspecified atom stereocenters. The van der Waals surface area contributed by atoms with Gasteiger partial charge in [-0.15, -0.1) is 0 Å². The van der Waals surface area contributed by atoms with Crippen molar-refractivity contribution < 1.29 is 28.2 Å². The van der Waals surface area contributed by atoms with E-state index in [0.29, 0.717) is 16.9 Å². The van der Waals surface area contributed by atoms with Crippen molar-refractivity contribution in [2.24, 2.45) is 0 Å². The fraction of sp³-hybridized carbons (Fsp3) is 0.125. The number of ether oxygens (including phenoxy) is 2. The summed E-state index contributed by atoms with van der Waals surface area (Å²) in [5.41, 5.74) is 1.35. The quantitative estimate of drug-likeness (QED) is 0.410. The van der Waals surface area contributed by atoms with Gasteiger partial charge in [0.2, 0.25) is 5.91 Å². The standard InChI is InChI=1S/C24H21FN2O5/c1-2-31-24(30)32-18-13-11-16(12-14-18)23(29)27-21-10-6-5-9-20(21)26-22(28)15-17-7-3-4-8-19(17)25/h3-14H,2,15H2,1H3,(H,26,28)(H,27,29). The highest BCUT2D eigenvalue weighted by Gasteiger charge is 2.13. The van der Waals surface area contributed by atoms with E-state index in [0.717, 1.165) is 0 Å². The van der Waals surface area contributed by atoms with Crippen LogP contribution in [0.2, 0.25) is 0 Å². The molecule has 0 bridgehead atoms. The SMILES string of the molecule is CCOC(=O)Oc1ccc(C(=O)Nc2ccccc2NC(=O)Cc2ccccc2F)cc1. The molecule has 0 heterocycles. The molecule has 2 amide bonds. The Kier molecular flexibility index (Phi) is 7.53. The van der Waals surface area contributed by atoms with Crippen LogP contribution in [-0.4, -0.2) is 24.6 Å². The number of benzene rings is 3. The van der Waals surface area contributed by atoms with Crippen LogP contribution in [0, 0.1) is 5.82 Å². The van der Waals surface area contributed by atoms with Gasteiger partial charge in [0.25, 0.3) is 5.91 Å². The highest BCUT2D eigenvalue weighted by molar-refractivity contribution is 6.07. The monoisotopic (exact) mass is 436 g/mol. The van der Waals surface area contributed by atoms with Crippen LogP contribution in [0.25, 0.3) is 0 Å². The lowest BCUT2D eigenvalue weighted by atomic mass is 10.1. The Morgan fingerprint density at radius 1 is 0.844 bits per heavy atom. The highest BCUT2D eigenvalue weighted by Crippen LogP contribution is 2.23. The van der Waals surface area contributed by atoms with Gasteiger partial charge in [-0.2, -0.15) is 0 Å². The Morgan fingerprint density at radius 2 is 1.47 bits per heavy atom. The van der Waals surface area contributed by atoms with E-state index >= 15 is 0 Å². The zero-order valence-corrected chi connectivity index (χ0v) is 17.3. The first-order chi connectivity index (χ1) is 15.5. The van der Waals surface area contributed by atoms with Crippen molar-refractivity contribution in [1.82, 2.24) is 0 Å². The van der Waals surface area contributed by atoms with Gasteiger partial charge >= 0.3 is 6.16 Å². The normalized spacial score (nSPS) is 10.2. The number of anilines is 2. The molecule has 7 nitrogen and oxygen atoms in total. The molecule has 0 atom stereocenters. The van der Waals surface area contributed by atoms with Crippen molar-refractivity contribution in [2.45, 2.75) is 13.3 Å². The number of carbonyl (C=O) groups is 3. The van der Waals surface area contributed by atoms with E-state index < -0.39 is 23.8 Å². The molecular formula is C24H21FN2O5. The van der Waals surface area contributed by atoms with E-state index in [1.54, 1.807) is 43.3 Å². The van der Waals surface area contributed by atoms with Crippen LogP contribution in [-0.2, 0) is 16.0 Å². The minimum Gasteiger partial charge on any atom is -0.434 e. The van der Waals surface area contributed by atoms with Crippen LogP contribution in [0.1, 0.15) is 22.8 Å². The Bertz CT molecular complexity index is 1120. The van der Waals surface area contributed by atoms with Gasteiger partial charge in [0.1, 0.15) is 11.6 Å². The third kappa shape index (κ3) is 6.15. The zero-order chi connectivity index (χ0) is 22.9. The van der Waals surface area contributed by atoms with E-state index in [1.807, 2.05) is 0 Å². The zero-order valence-electron chi connectivity index (χ0n) is 17.3. The van der Waals surface area contributed by atoms with E-state index in [2.05, 4.69) is 10.6 Å². The second-order valence-corrected chi connectivity index (χ2v) is 6.63. The Balaban J connectivity index is 1.65. The van der Waals surface area contributed by atoms with Gasteiger partial charge in [0.15, 0.2) is 0 Å². The predicted octanol–water partition coefficient (Wildman–Crippen LogP) is 4.79. The first-order valence-corrected chi connectivity index (χ1v) is 9.84. The summed E-state index contributed by atoms with van der Waals surface area (Å²) in [6, 6.07) is 18.6. The molecule has 2 N–H and O–H groups in total. The average Bonchev–Trinajstić information content (AvgIpc) is 2.77. The lowest BCUT2D eigenvalue weighted by Gasteiger charge is -2.13. The third-order valence-corrected chi connectivity index (χ3v) is 4.34. The smallest absolute Gasteiger partial charge is 0.434 e. The molecule has 0 saturated heterocycles. The van der Waals surface area contributed by atoms with Crippen LogP contribution in [0.4, 0.5) is 20.6 Å². The van der Waals surface area contributed by atoms with Crippen LogP contribution in [0.15, 0.2) is 72.8 Å². The molecule has 164 valence electrons. The van der Waals surface area contributed by atoms with E-state index in [1.165, 1.54) is 36.4 Å². The minimum atomic E-state index is -0.829. The molecule has 0 radical (unpaired) electrons. The maximum absolute atomic E-state index is 13.8. The summed E-state index contributed by atoms with van der Waals surface area (Å²) >= 11 is 0. The summed E-state index contributed by atoms with van der Waals surface area (Å²) in [5.74, 6) is -1.07. The van der Waals surface area contributed by atoms with E-state index in [4.69, 9.17) is 9.47 Å². The summed E-state index contributed by atoms with van der Waals surface area (Å²) in [4.78, 5) is 36.3.